The second kappa shape index (κ2) is 5.98. The van der Waals surface area contributed by atoms with Crippen molar-refractivity contribution in [2.24, 2.45) is 0 Å². The Labute approximate surface area is 120 Å². The summed E-state index contributed by atoms with van der Waals surface area (Å²) in [5.74, 6) is 1.04. The highest BCUT2D eigenvalue weighted by Crippen LogP contribution is 2.20. The number of hydrogen-bond acceptors (Lipinski definition) is 7. The number of morpholine rings is 1. The highest BCUT2D eigenvalue weighted by atomic mass is 35.5. The van der Waals surface area contributed by atoms with Gasteiger partial charge in [-0.15, -0.1) is 0 Å². The zero-order chi connectivity index (χ0) is 13.8. The smallest absolute Gasteiger partial charge is 0.328 e. The average molecular weight is 294 g/mol. The van der Waals surface area contributed by atoms with Crippen molar-refractivity contribution < 1.29 is 9.47 Å². The molecule has 1 fully saturated rings. The van der Waals surface area contributed by atoms with Gasteiger partial charge in [-0.25, -0.2) is 0 Å². The molecule has 20 heavy (non-hydrogen) atoms. The van der Waals surface area contributed by atoms with Crippen LogP contribution in [0.5, 0.6) is 11.8 Å². The van der Waals surface area contributed by atoms with Crippen LogP contribution in [0.2, 0.25) is 5.28 Å². The summed E-state index contributed by atoms with van der Waals surface area (Å²) in [6.07, 6.45) is 3.23. The van der Waals surface area contributed by atoms with Crippen LogP contribution in [0.3, 0.4) is 0 Å². The molecule has 0 unspecified atom stereocenters. The van der Waals surface area contributed by atoms with Gasteiger partial charge in [-0.2, -0.15) is 15.0 Å². The number of aromatic nitrogens is 4. The first-order chi connectivity index (χ1) is 9.81. The highest BCUT2D eigenvalue weighted by molar-refractivity contribution is 6.28. The Morgan fingerprint density at radius 2 is 2.05 bits per heavy atom. The number of pyridine rings is 1. The van der Waals surface area contributed by atoms with Crippen molar-refractivity contribution >= 4 is 17.5 Å². The van der Waals surface area contributed by atoms with Gasteiger partial charge in [-0.05, 0) is 23.7 Å². The minimum atomic E-state index is 0.0976. The van der Waals surface area contributed by atoms with Gasteiger partial charge in [0.2, 0.25) is 11.2 Å². The van der Waals surface area contributed by atoms with E-state index in [-0.39, 0.29) is 11.3 Å². The SMILES string of the molecule is Clc1nc(Oc2cccnc2)nc(N2CCOCC2)n1. The summed E-state index contributed by atoms with van der Waals surface area (Å²) >= 11 is 5.92. The van der Waals surface area contributed by atoms with E-state index in [0.717, 1.165) is 0 Å². The van der Waals surface area contributed by atoms with Crippen LogP contribution in [0.4, 0.5) is 5.95 Å². The lowest BCUT2D eigenvalue weighted by Crippen LogP contribution is -2.37. The van der Waals surface area contributed by atoms with Gasteiger partial charge >= 0.3 is 6.01 Å². The van der Waals surface area contributed by atoms with Gasteiger partial charge in [0.25, 0.3) is 0 Å². The maximum absolute atomic E-state index is 5.92. The normalized spacial score (nSPS) is 15.2. The van der Waals surface area contributed by atoms with Crippen LogP contribution in [0.1, 0.15) is 0 Å². The first-order valence-corrected chi connectivity index (χ1v) is 6.51. The molecule has 0 aromatic carbocycles. The summed E-state index contributed by atoms with van der Waals surface area (Å²) in [7, 11) is 0. The van der Waals surface area contributed by atoms with Crippen molar-refractivity contribution in [1.82, 2.24) is 19.9 Å². The lowest BCUT2D eigenvalue weighted by atomic mass is 10.4. The van der Waals surface area contributed by atoms with Crippen LogP contribution < -0.4 is 9.64 Å². The lowest BCUT2D eigenvalue weighted by molar-refractivity contribution is 0.122. The summed E-state index contributed by atoms with van der Waals surface area (Å²) in [6.45, 7) is 2.71. The van der Waals surface area contributed by atoms with Crippen molar-refractivity contribution in [2.75, 3.05) is 31.2 Å². The summed E-state index contributed by atoms with van der Waals surface area (Å²) in [4.78, 5) is 18.3. The molecule has 1 aliphatic heterocycles. The van der Waals surface area contributed by atoms with Crippen molar-refractivity contribution in [3.05, 3.63) is 29.8 Å². The fraction of sp³-hybridized carbons (Fsp3) is 0.333. The summed E-state index contributed by atoms with van der Waals surface area (Å²) in [6, 6.07) is 3.68. The van der Waals surface area contributed by atoms with Gasteiger partial charge in [-0.3, -0.25) is 4.98 Å². The molecule has 2 aromatic rings. The fourth-order valence-corrected chi connectivity index (χ4v) is 1.93. The summed E-state index contributed by atoms with van der Waals surface area (Å²) in [5, 5.41) is 0.0976. The van der Waals surface area contributed by atoms with Crippen molar-refractivity contribution in [2.45, 2.75) is 0 Å². The van der Waals surface area contributed by atoms with Crippen LogP contribution in [0.15, 0.2) is 24.5 Å². The number of halogens is 1. The van der Waals surface area contributed by atoms with Gasteiger partial charge in [-0.1, -0.05) is 0 Å². The molecule has 2 aromatic heterocycles. The highest BCUT2D eigenvalue weighted by Gasteiger charge is 2.16. The summed E-state index contributed by atoms with van der Waals surface area (Å²) in [5.41, 5.74) is 0. The number of hydrogen-bond donors (Lipinski definition) is 0. The number of ether oxygens (including phenoxy) is 2. The Bertz CT molecular complexity index is 577. The van der Waals surface area contributed by atoms with E-state index >= 15 is 0 Å². The van der Waals surface area contributed by atoms with Gasteiger partial charge < -0.3 is 14.4 Å². The molecule has 0 amide bonds. The molecule has 0 saturated carbocycles. The second-order valence-electron chi connectivity index (χ2n) is 4.08. The van der Waals surface area contributed by atoms with Gasteiger partial charge in [0.15, 0.2) is 0 Å². The van der Waals surface area contributed by atoms with Gasteiger partial charge in [0, 0.05) is 19.3 Å². The molecule has 104 valence electrons. The second-order valence-corrected chi connectivity index (χ2v) is 4.42. The number of nitrogens with zero attached hydrogens (tertiary/aromatic N) is 5. The first kappa shape index (κ1) is 13.0. The number of anilines is 1. The van der Waals surface area contributed by atoms with Crippen LogP contribution in [0, 0.1) is 0 Å². The zero-order valence-corrected chi connectivity index (χ0v) is 11.3. The predicted molar refractivity (Wildman–Crippen MR) is 72.2 cm³/mol. The molecule has 0 bridgehead atoms. The molecule has 0 N–H and O–H groups in total. The van der Waals surface area contributed by atoms with Crippen molar-refractivity contribution in [3.63, 3.8) is 0 Å². The van der Waals surface area contributed by atoms with E-state index in [4.69, 9.17) is 21.1 Å². The molecule has 3 rings (SSSR count). The topological polar surface area (TPSA) is 73.3 Å². The molecule has 1 saturated heterocycles. The van der Waals surface area contributed by atoms with Gasteiger partial charge in [0.05, 0.1) is 19.4 Å². The Hall–Kier alpha value is -1.99. The average Bonchev–Trinajstić information content (AvgIpc) is 2.49. The standard InChI is InChI=1S/C12H12ClN5O2/c13-10-15-11(18-4-6-19-7-5-18)17-12(16-10)20-9-2-1-3-14-8-9/h1-3,8H,4-7H2. The molecule has 8 heteroatoms. The largest absolute Gasteiger partial charge is 0.422 e. The van der Waals surface area contributed by atoms with Crippen LogP contribution >= 0.6 is 11.6 Å². The Balaban J connectivity index is 1.82. The summed E-state index contributed by atoms with van der Waals surface area (Å²) < 4.78 is 10.8. The van der Waals surface area contributed by atoms with Crippen LogP contribution in [0.25, 0.3) is 0 Å². The van der Waals surface area contributed by atoms with Crippen LogP contribution in [-0.2, 0) is 4.74 Å². The monoisotopic (exact) mass is 293 g/mol. The first-order valence-electron chi connectivity index (χ1n) is 6.13. The Morgan fingerprint density at radius 1 is 1.20 bits per heavy atom. The fourth-order valence-electron chi connectivity index (χ4n) is 1.79. The molecule has 1 aliphatic rings. The minimum Gasteiger partial charge on any atom is -0.422 e. The van der Waals surface area contributed by atoms with E-state index < -0.39 is 0 Å². The van der Waals surface area contributed by atoms with E-state index in [1.54, 1.807) is 24.5 Å². The third kappa shape index (κ3) is 3.12. The molecule has 0 aliphatic carbocycles. The molecule has 0 atom stereocenters. The Kier molecular flexibility index (Phi) is 3.89. The maximum atomic E-state index is 5.92. The molecular weight excluding hydrogens is 282 g/mol. The third-order valence-electron chi connectivity index (χ3n) is 2.71. The molecule has 3 heterocycles. The van der Waals surface area contributed by atoms with E-state index in [1.807, 2.05) is 4.90 Å². The Morgan fingerprint density at radius 3 is 2.80 bits per heavy atom. The van der Waals surface area contributed by atoms with E-state index in [2.05, 4.69) is 19.9 Å². The third-order valence-corrected chi connectivity index (χ3v) is 2.88. The minimum absolute atomic E-state index is 0.0976. The van der Waals surface area contributed by atoms with Gasteiger partial charge in [0.1, 0.15) is 5.75 Å². The zero-order valence-electron chi connectivity index (χ0n) is 10.6. The molecular formula is C12H12ClN5O2. The lowest BCUT2D eigenvalue weighted by Gasteiger charge is -2.26. The van der Waals surface area contributed by atoms with Crippen molar-refractivity contribution in [3.8, 4) is 11.8 Å². The maximum Gasteiger partial charge on any atom is 0.328 e. The van der Waals surface area contributed by atoms with E-state index in [1.165, 1.54) is 0 Å². The molecule has 0 radical (unpaired) electrons. The van der Waals surface area contributed by atoms with Crippen LogP contribution in [-0.4, -0.2) is 46.2 Å². The van der Waals surface area contributed by atoms with E-state index in [9.17, 15) is 0 Å². The molecule has 7 nitrogen and oxygen atoms in total. The predicted octanol–water partition coefficient (Wildman–Crippen LogP) is 1.55. The van der Waals surface area contributed by atoms with E-state index in [0.29, 0.717) is 38.0 Å². The molecule has 0 spiro atoms. The quantitative estimate of drug-likeness (QED) is 0.850. The van der Waals surface area contributed by atoms with Crippen molar-refractivity contribution in [1.29, 1.82) is 0 Å². The number of rotatable bonds is 3.